The van der Waals surface area contributed by atoms with Crippen LogP contribution in [0, 0.1) is 0 Å². The number of benzene rings is 8. The summed E-state index contributed by atoms with van der Waals surface area (Å²) in [5, 5.41) is 15.4. The Balaban J connectivity index is 0.000000148. The van der Waals surface area contributed by atoms with Gasteiger partial charge in [0.2, 0.25) is 22.1 Å². The molecule has 0 atom stereocenters. The Labute approximate surface area is 373 Å². The van der Waals surface area contributed by atoms with E-state index in [1.165, 1.54) is 86.7 Å². The van der Waals surface area contributed by atoms with Crippen LogP contribution in [-0.4, -0.2) is 0 Å². The van der Waals surface area contributed by atoms with Crippen LogP contribution >= 0.6 is 0 Å². The van der Waals surface area contributed by atoms with Gasteiger partial charge in [-0.1, -0.05) is 121 Å². The summed E-state index contributed by atoms with van der Waals surface area (Å²) in [5.74, 6) is 0. The first-order valence-electron chi connectivity index (χ1n) is 18.9. The molecule has 0 fully saturated rings. The van der Waals surface area contributed by atoms with Gasteiger partial charge in [-0.05, 0) is 48.5 Å². The lowest BCUT2D eigenvalue weighted by atomic mass is 10.1. The molecule has 296 valence electrons. The Morgan fingerprint density at radius 2 is 0.350 bits per heavy atom. The first-order valence-corrected chi connectivity index (χ1v) is 18.9. The highest BCUT2D eigenvalue weighted by molar-refractivity contribution is 6.06. The number of pyridine rings is 4. The van der Waals surface area contributed by atoms with Gasteiger partial charge in [0.15, 0.2) is 24.8 Å². The number of para-hydroxylation sites is 4. The van der Waals surface area contributed by atoms with Crippen molar-refractivity contribution in [2.24, 2.45) is 0 Å². The molecule has 0 unspecified atom stereocenters. The number of fused-ring (bicyclic) bond motifs is 12. The third-order valence-corrected chi connectivity index (χ3v) is 10.2. The van der Waals surface area contributed by atoms with Crippen LogP contribution in [0.15, 0.2) is 219 Å². The molecule has 0 aliphatic rings. The lowest BCUT2D eigenvalue weighted by Crippen LogP contribution is -3.00. The van der Waals surface area contributed by atoms with E-state index in [-0.39, 0.29) is 49.6 Å². The maximum Gasteiger partial charge on any atom is 0.211 e. The van der Waals surface area contributed by atoms with Crippen molar-refractivity contribution in [3.05, 3.63) is 219 Å². The minimum Gasteiger partial charge on any atom is -1.00 e. The highest BCUT2D eigenvalue weighted by Gasteiger charge is 2.07. The Kier molecular flexibility index (Phi) is 15.7. The Morgan fingerprint density at radius 1 is 0.183 bits per heavy atom. The molecule has 0 aliphatic heterocycles. The zero-order chi connectivity index (χ0) is 37.5. The van der Waals surface area contributed by atoms with Crippen molar-refractivity contribution in [1.82, 2.24) is 0 Å². The van der Waals surface area contributed by atoms with Gasteiger partial charge in [-0.3, -0.25) is 0 Å². The van der Waals surface area contributed by atoms with Gasteiger partial charge in [0.05, 0.1) is 21.5 Å². The number of halogens is 4. The molecule has 0 amide bonds. The lowest BCUT2D eigenvalue weighted by molar-refractivity contribution is -0.343. The van der Waals surface area contributed by atoms with Gasteiger partial charge < -0.3 is 49.6 Å². The fourth-order valence-electron chi connectivity index (χ4n) is 7.47. The molecule has 4 heterocycles. The van der Waals surface area contributed by atoms with E-state index < -0.39 is 0 Å². The zero-order valence-corrected chi connectivity index (χ0v) is 35.3. The number of nitrogens with one attached hydrogen (secondary N) is 4. The summed E-state index contributed by atoms with van der Waals surface area (Å²) in [6.45, 7) is 0. The summed E-state index contributed by atoms with van der Waals surface area (Å²) in [4.78, 5) is 13.2. The van der Waals surface area contributed by atoms with Crippen molar-refractivity contribution in [2.75, 3.05) is 0 Å². The standard InChI is InChI=1S/4C13H9N.4ClH/c4*1-2-6-11-10(5-1)9-14-13-8-4-3-7-12(11)13;;;;/h4*1-9H;4*1H. The van der Waals surface area contributed by atoms with E-state index in [2.05, 4.69) is 215 Å². The van der Waals surface area contributed by atoms with Gasteiger partial charge >= 0.3 is 0 Å². The second-order valence-corrected chi connectivity index (χ2v) is 13.7. The number of H-pyrrole nitrogens is 4. The topological polar surface area (TPSA) is 56.6 Å². The summed E-state index contributed by atoms with van der Waals surface area (Å²) in [7, 11) is 0. The number of rotatable bonds is 0. The molecule has 4 aromatic heterocycles. The molecule has 0 saturated heterocycles. The van der Waals surface area contributed by atoms with E-state index in [0.717, 1.165) is 0 Å². The average Bonchev–Trinajstić information content (AvgIpc) is 3.29. The Bertz CT molecular complexity index is 2640. The van der Waals surface area contributed by atoms with Crippen LogP contribution in [0.3, 0.4) is 0 Å². The van der Waals surface area contributed by atoms with Crippen molar-refractivity contribution >= 4 is 86.7 Å². The summed E-state index contributed by atoms with van der Waals surface area (Å²) in [6.07, 6.45) is 8.21. The first-order chi connectivity index (χ1) is 27.8. The quantitative estimate of drug-likeness (QED) is 0.181. The lowest BCUT2D eigenvalue weighted by Gasteiger charge is -1.97. The second-order valence-electron chi connectivity index (χ2n) is 13.7. The van der Waals surface area contributed by atoms with Crippen molar-refractivity contribution in [2.45, 2.75) is 0 Å². The van der Waals surface area contributed by atoms with E-state index in [0.29, 0.717) is 0 Å². The zero-order valence-electron chi connectivity index (χ0n) is 32.3. The highest BCUT2D eigenvalue weighted by atomic mass is 35.5. The molecule has 12 aromatic rings. The van der Waals surface area contributed by atoms with Crippen LogP contribution in [0.5, 0.6) is 0 Å². The number of aromatic nitrogens is 4. The molecule has 0 spiro atoms. The third-order valence-electron chi connectivity index (χ3n) is 10.2. The third kappa shape index (κ3) is 9.55. The van der Waals surface area contributed by atoms with Crippen LogP contribution < -0.4 is 69.6 Å². The van der Waals surface area contributed by atoms with Crippen LogP contribution in [0.25, 0.3) is 86.7 Å². The van der Waals surface area contributed by atoms with E-state index in [1.54, 1.807) is 0 Å². The predicted octanol–water partition coefficient (Wildman–Crippen LogP) is -0.756. The minimum atomic E-state index is 0. The van der Waals surface area contributed by atoms with Gasteiger partial charge in [-0.15, -0.1) is 0 Å². The number of hydrogen-bond acceptors (Lipinski definition) is 0. The smallest absolute Gasteiger partial charge is 0.211 e. The van der Waals surface area contributed by atoms with Crippen LogP contribution in [0.4, 0.5) is 0 Å². The van der Waals surface area contributed by atoms with E-state index in [4.69, 9.17) is 0 Å². The molecule has 0 radical (unpaired) electrons. The van der Waals surface area contributed by atoms with E-state index >= 15 is 0 Å². The number of aromatic amines is 4. The van der Waals surface area contributed by atoms with Gasteiger partial charge in [-0.25, -0.2) is 19.9 Å². The van der Waals surface area contributed by atoms with E-state index in [9.17, 15) is 0 Å². The minimum absolute atomic E-state index is 0. The van der Waals surface area contributed by atoms with Gasteiger partial charge in [0.25, 0.3) is 0 Å². The highest BCUT2D eigenvalue weighted by Crippen LogP contribution is 2.23. The average molecular weight is 863 g/mol. The molecule has 4 nitrogen and oxygen atoms in total. The van der Waals surface area contributed by atoms with Crippen molar-refractivity contribution in [1.29, 1.82) is 0 Å². The molecule has 60 heavy (non-hydrogen) atoms. The molecule has 8 aromatic carbocycles. The maximum atomic E-state index is 3.29. The molecular formula is C52H40Cl4N4. The molecule has 12 rings (SSSR count). The van der Waals surface area contributed by atoms with Crippen LogP contribution in [0.2, 0.25) is 0 Å². The van der Waals surface area contributed by atoms with Crippen LogP contribution in [0.1, 0.15) is 0 Å². The van der Waals surface area contributed by atoms with E-state index in [1.807, 2.05) is 24.3 Å². The molecule has 8 heteroatoms. The summed E-state index contributed by atoms with van der Waals surface area (Å²) in [5.41, 5.74) is 4.75. The summed E-state index contributed by atoms with van der Waals surface area (Å²) >= 11 is 0. The van der Waals surface area contributed by atoms with Crippen molar-refractivity contribution in [3.63, 3.8) is 0 Å². The normalized spacial score (nSPS) is 10.1. The molecule has 0 saturated carbocycles. The largest absolute Gasteiger partial charge is 1.00 e. The fraction of sp³-hybridized carbons (Fsp3) is 0. The van der Waals surface area contributed by atoms with Gasteiger partial charge in [-0.2, -0.15) is 0 Å². The van der Waals surface area contributed by atoms with Gasteiger partial charge in [0, 0.05) is 67.4 Å². The number of hydrogen-bond donors (Lipinski definition) is 0. The maximum absolute atomic E-state index is 3.29. The monoisotopic (exact) mass is 860 g/mol. The molecule has 0 aliphatic carbocycles. The SMILES string of the molecule is [Cl-].[Cl-].[Cl-].[Cl-].c1ccc2c(c1)c[nH+]c1ccccc12.c1ccc2c(c1)c[nH+]c1ccccc12.c1ccc2c(c1)c[nH+]c1ccccc12.c1ccc2c(c1)c[nH+]c1ccccc12. The molecule has 4 N–H and O–H groups in total. The Morgan fingerprint density at radius 3 is 0.567 bits per heavy atom. The predicted molar refractivity (Wildman–Crippen MR) is 232 cm³/mol. The Hall–Kier alpha value is -6.40. The second kappa shape index (κ2) is 21.0. The fourth-order valence-corrected chi connectivity index (χ4v) is 7.47. The first kappa shape index (κ1) is 44.7. The summed E-state index contributed by atoms with van der Waals surface area (Å²) < 4.78 is 0. The molecule has 0 bridgehead atoms. The van der Waals surface area contributed by atoms with Crippen molar-refractivity contribution in [3.8, 4) is 0 Å². The summed E-state index contributed by atoms with van der Waals surface area (Å²) in [6, 6.07) is 67.1. The molecular weight excluding hydrogens is 822 g/mol. The van der Waals surface area contributed by atoms with Gasteiger partial charge in [0.1, 0.15) is 0 Å². The van der Waals surface area contributed by atoms with Crippen LogP contribution in [-0.2, 0) is 0 Å². The van der Waals surface area contributed by atoms with Crippen molar-refractivity contribution < 1.29 is 69.6 Å².